The molecular weight excluding hydrogens is 439 g/mol. The topological polar surface area (TPSA) is 111 Å². The molecule has 2 N–H and O–H groups in total. The third-order valence-electron chi connectivity index (χ3n) is 3.84. The van der Waals surface area contributed by atoms with Gasteiger partial charge in [0.25, 0.3) is 5.91 Å². The molecule has 30 heavy (non-hydrogen) atoms. The number of methoxy groups -OCH3 is 1. The highest BCUT2D eigenvalue weighted by molar-refractivity contribution is 7.89. The van der Waals surface area contributed by atoms with Crippen LogP contribution in [0.3, 0.4) is 0 Å². The van der Waals surface area contributed by atoms with E-state index in [1.807, 2.05) is 0 Å². The Bertz CT molecular complexity index is 999. The molecule has 0 saturated carbocycles. The monoisotopic (exact) mass is 458 g/mol. The second kappa shape index (κ2) is 10.9. The first-order valence-electron chi connectivity index (χ1n) is 8.71. The number of rotatable bonds is 10. The number of hydrogen-bond donors (Lipinski definition) is 2. The summed E-state index contributed by atoms with van der Waals surface area (Å²) in [6.45, 7) is -0.735. The molecule has 0 fully saturated rings. The maximum atomic E-state index is 14.2. The molecule has 0 saturated heterocycles. The van der Waals surface area contributed by atoms with Crippen molar-refractivity contribution in [3.8, 4) is 5.75 Å². The molecule has 0 aromatic heterocycles. The molecule has 0 unspecified atom stereocenters. The molecule has 2 aromatic carbocycles. The Morgan fingerprint density at radius 1 is 1.13 bits per heavy atom. The first-order valence-corrected chi connectivity index (χ1v) is 10.6. The number of carbonyl (C=O) groups is 2. The standard InChI is InChI=1S/C19H20ClFN2O6S/c1-28-19(25)11-22-18(24)12-29-17-7-2-13(10-16(17)21)8-9-23-30(26,27)15-5-3-14(20)4-6-15/h2-7,10,23H,8-9,11-12H2,1H3,(H,22,24). The van der Waals surface area contributed by atoms with Crippen LogP contribution in [0, 0.1) is 5.82 Å². The summed E-state index contributed by atoms with van der Waals surface area (Å²) >= 11 is 5.75. The summed E-state index contributed by atoms with van der Waals surface area (Å²) in [7, 11) is -2.52. The molecule has 0 spiro atoms. The second-order valence-electron chi connectivity index (χ2n) is 6.01. The molecule has 8 nitrogen and oxygen atoms in total. The lowest BCUT2D eigenvalue weighted by molar-refractivity contribution is -0.141. The van der Waals surface area contributed by atoms with Crippen LogP contribution in [0.2, 0.25) is 5.02 Å². The summed E-state index contributed by atoms with van der Waals surface area (Å²) in [5.74, 6) is -2.08. The van der Waals surface area contributed by atoms with E-state index < -0.39 is 34.3 Å². The van der Waals surface area contributed by atoms with Gasteiger partial charge < -0.3 is 14.8 Å². The highest BCUT2D eigenvalue weighted by Gasteiger charge is 2.14. The summed E-state index contributed by atoms with van der Waals surface area (Å²) in [5.41, 5.74) is 0.536. The average molecular weight is 459 g/mol. The molecular formula is C19H20ClFN2O6S. The van der Waals surface area contributed by atoms with Crippen molar-refractivity contribution in [3.05, 3.63) is 58.9 Å². The predicted octanol–water partition coefficient (Wildman–Crippen LogP) is 1.67. The van der Waals surface area contributed by atoms with Crippen molar-refractivity contribution in [3.63, 3.8) is 0 Å². The number of amides is 1. The van der Waals surface area contributed by atoms with Gasteiger partial charge in [-0.25, -0.2) is 17.5 Å². The minimum absolute atomic E-state index is 0.0561. The molecule has 0 aliphatic rings. The molecule has 0 atom stereocenters. The lowest BCUT2D eigenvalue weighted by Gasteiger charge is -2.10. The fraction of sp³-hybridized carbons (Fsp3) is 0.263. The summed E-state index contributed by atoms with van der Waals surface area (Å²) in [4.78, 5) is 22.6. The molecule has 0 aliphatic carbocycles. The lowest BCUT2D eigenvalue weighted by Crippen LogP contribution is -2.33. The number of halogens is 2. The fourth-order valence-electron chi connectivity index (χ4n) is 2.28. The molecule has 0 heterocycles. The molecule has 0 radical (unpaired) electrons. The minimum Gasteiger partial charge on any atom is -0.481 e. The van der Waals surface area contributed by atoms with Gasteiger partial charge >= 0.3 is 5.97 Å². The van der Waals surface area contributed by atoms with Crippen molar-refractivity contribution in [2.75, 3.05) is 26.8 Å². The average Bonchev–Trinajstić information content (AvgIpc) is 2.71. The van der Waals surface area contributed by atoms with Gasteiger partial charge in [0.2, 0.25) is 10.0 Å². The number of carbonyl (C=O) groups excluding carboxylic acids is 2. The Kier molecular flexibility index (Phi) is 8.58. The van der Waals surface area contributed by atoms with Gasteiger partial charge in [0.05, 0.1) is 12.0 Å². The fourth-order valence-corrected chi connectivity index (χ4v) is 3.44. The number of ether oxygens (including phenoxy) is 2. The van der Waals surface area contributed by atoms with E-state index in [4.69, 9.17) is 16.3 Å². The Balaban J connectivity index is 1.84. The Morgan fingerprint density at radius 2 is 1.83 bits per heavy atom. The van der Waals surface area contributed by atoms with Crippen LogP contribution in [0.15, 0.2) is 47.4 Å². The van der Waals surface area contributed by atoms with Gasteiger partial charge in [-0.2, -0.15) is 0 Å². The molecule has 2 aromatic rings. The normalized spacial score (nSPS) is 11.0. The van der Waals surface area contributed by atoms with Gasteiger partial charge in [0.15, 0.2) is 18.2 Å². The molecule has 2 rings (SSSR count). The third kappa shape index (κ3) is 7.29. The Hall–Kier alpha value is -2.69. The smallest absolute Gasteiger partial charge is 0.325 e. The quantitative estimate of drug-likeness (QED) is 0.524. The van der Waals surface area contributed by atoms with Crippen molar-refractivity contribution < 1.29 is 31.9 Å². The summed E-state index contributed by atoms with van der Waals surface area (Å²) in [6, 6.07) is 9.81. The molecule has 1 amide bonds. The van der Waals surface area contributed by atoms with E-state index in [1.54, 1.807) is 6.07 Å². The number of benzene rings is 2. The largest absolute Gasteiger partial charge is 0.481 e. The van der Waals surface area contributed by atoms with Crippen LogP contribution >= 0.6 is 11.6 Å². The Labute approximate surface area is 178 Å². The van der Waals surface area contributed by atoms with Crippen molar-refractivity contribution in [1.82, 2.24) is 10.0 Å². The third-order valence-corrected chi connectivity index (χ3v) is 5.57. The zero-order valence-electron chi connectivity index (χ0n) is 16.0. The highest BCUT2D eigenvalue weighted by atomic mass is 35.5. The van der Waals surface area contributed by atoms with Crippen LogP contribution in [-0.2, 0) is 30.8 Å². The van der Waals surface area contributed by atoms with E-state index in [0.717, 1.165) is 0 Å². The van der Waals surface area contributed by atoms with Crippen LogP contribution in [0.4, 0.5) is 4.39 Å². The summed E-state index contributed by atoms with van der Waals surface area (Å²) in [6.07, 6.45) is 0.240. The molecule has 11 heteroatoms. The Morgan fingerprint density at radius 3 is 2.47 bits per heavy atom. The SMILES string of the molecule is COC(=O)CNC(=O)COc1ccc(CCNS(=O)(=O)c2ccc(Cl)cc2)cc1F. The van der Waals surface area contributed by atoms with Crippen LogP contribution in [0.1, 0.15) is 5.56 Å². The summed E-state index contributed by atoms with van der Waals surface area (Å²) < 4.78 is 50.4. The van der Waals surface area contributed by atoms with E-state index in [9.17, 15) is 22.4 Å². The van der Waals surface area contributed by atoms with Gasteiger partial charge in [-0.3, -0.25) is 9.59 Å². The number of hydrogen-bond acceptors (Lipinski definition) is 6. The van der Waals surface area contributed by atoms with Gasteiger partial charge in [-0.15, -0.1) is 0 Å². The first kappa shape index (κ1) is 23.6. The van der Waals surface area contributed by atoms with E-state index in [1.165, 1.54) is 43.5 Å². The van der Waals surface area contributed by atoms with Gasteiger partial charge in [-0.05, 0) is 48.4 Å². The number of esters is 1. The number of sulfonamides is 1. The van der Waals surface area contributed by atoms with Gasteiger partial charge in [0.1, 0.15) is 6.54 Å². The van der Waals surface area contributed by atoms with Crippen LogP contribution in [0.25, 0.3) is 0 Å². The van der Waals surface area contributed by atoms with Crippen molar-refractivity contribution in [1.29, 1.82) is 0 Å². The summed E-state index contributed by atoms with van der Waals surface area (Å²) in [5, 5.41) is 2.68. The van der Waals surface area contributed by atoms with Crippen LogP contribution in [-0.4, -0.2) is 47.1 Å². The van der Waals surface area contributed by atoms with Crippen LogP contribution < -0.4 is 14.8 Å². The van der Waals surface area contributed by atoms with Crippen molar-refractivity contribution in [2.45, 2.75) is 11.3 Å². The lowest BCUT2D eigenvalue weighted by atomic mass is 10.1. The predicted molar refractivity (Wildman–Crippen MR) is 107 cm³/mol. The van der Waals surface area contributed by atoms with E-state index in [-0.39, 0.29) is 30.2 Å². The number of nitrogens with one attached hydrogen (secondary N) is 2. The van der Waals surface area contributed by atoms with E-state index in [0.29, 0.717) is 10.6 Å². The van der Waals surface area contributed by atoms with Gasteiger partial charge in [-0.1, -0.05) is 17.7 Å². The van der Waals surface area contributed by atoms with Crippen molar-refractivity contribution in [2.24, 2.45) is 0 Å². The zero-order valence-corrected chi connectivity index (χ0v) is 17.6. The van der Waals surface area contributed by atoms with Gasteiger partial charge in [0, 0.05) is 11.6 Å². The molecule has 0 bridgehead atoms. The maximum absolute atomic E-state index is 14.2. The second-order valence-corrected chi connectivity index (χ2v) is 8.21. The molecule has 0 aliphatic heterocycles. The minimum atomic E-state index is -3.70. The first-order chi connectivity index (χ1) is 14.2. The highest BCUT2D eigenvalue weighted by Crippen LogP contribution is 2.19. The maximum Gasteiger partial charge on any atom is 0.325 e. The zero-order chi connectivity index (χ0) is 22.1. The molecule has 162 valence electrons. The van der Waals surface area contributed by atoms with E-state index in [2.05, 4.69) is 14.8 Å². The van der Waals surface area contributed by atoms with Crippen LogP contribution in [0.5, 0.6) is 5.75 Å². The van der Waals surface area contributed by atoms with Crippen molar-refractivity contribution >= 4 is 33.5 Å². The van der Waals surface area contributed by atoms with E-state index >= 15 is 0 Å².